The van der Waals surface area contributed by atoms with Crippen molar-refractivity contribution in [3.8, 4) is 0 Å². The lowest BCUT2D eigenvalue weighted by atomic mass is 10.1. The number of hydrogen-bond donors (Lipinski definition) is 2. The fraction of sp³-hybridized carbons (Fsp3) is 0.647. The molecule has 0 amide bonds. The van der Waals surface area contributed by atoms with E-state index in [0.29, 0.717) is 12.5 Å². The molecule has 2 N–H and O–H groups in total. The number of aliphatic hydroxyl groups excluding tert-OH is 1. The highest BCUT2D eigenvalue weighted by Gasteiger charge is 2.08. The van der Waals surface area contributed by atoms with Gasteiger partial charge in [-0.05, 0) is 55.5 Å². The summed E-state index contributed by atoms with van der Waals surface area (Å²) < 4.78 is 1.13. The number of hydrogen-bond acceptors (Lipinski definition) is 3. The van der Waals surface area contributed by atoms with E-state index in [1.165, 1.54) is 11.3 Å². The number of nitrogens with one attached hydrogen (secondary N) is 1. The average Bonchev–Trinajstić information content (AvgIpc) is 2.43. The maximum absolute atomic E-state index is 8.84. The Morgan fingerprint density at radius 2 is 2.00 bits per heavy atom. The van der Waals surface area contributed by atoms with Crippen molar-refractivity contribution in [1.29, 1.82) is 0 Å². The number of aliphatic hydroxyl groups is 1. The van der Waals surface area contributed by atoms with Crippen LogP contribution in [0.25, 0.3) is 0 Å². The van der Waals surface area contributed by atoms with Crippen LogP contribution in [0, 0.1) is 5.92 Å². The fourth-order valence-corrected chi connectivity index (χ4v) is 2.73. The van der Waals surface area contributed by atoms with Gasteiger partial charge in [0.2, 0.25) is 0 Å². The van der Waals surface area contributed by atoms with Gasteiger partial charge in [0.15, 0.2) is 0 Å². The molecule has 1 aromatic rings. The SMILES string of the molecule is CC(C)CNCc1cc(Br)ccc1N(C)CCCCCO. The third-order valence-electron chi connectivity index (χ3n) is 3.47. The molecular formula is C17H29BrN2O. The molecule has 0 fully saturated rings. The Labute approximate surface area is 137 Å². The van der Waals surface area contributed by atoms with E-state index < -0.39 is 0 Å². The standard InChI is InChI=1S/C17H29BrN2O/c1-14(2)12-19-13-15-11-16(18)7-8-17(15)20(3)9-5-4-6-10-21/h7-8,11,14,19,21H,4-6,9-10,12-13H2,1-3H3. The van der Waals surface area contributed by atoms with Gasteiger partial charge in [-0.2, -0.15) is 0 Å². The first-order valence-corrected chi connectivity index (χ1v) is 8.65. The molecule has 0 aromatic heterocycles. The van der Waals surface area contributed by atoms with Crippen molar-refractivity contribution >= 4 is 21.6 Å². The molecule has 0 bridgehead atoms. The van der Waals surface area contributed by atoms with Crippen molar-refractivity contribution in [2.75, 3.05) is 31.6 Å². The normalized spacial score (nSPS) is 11.1. The van der Waals surface area contributed by atoms with Gasteiger partial charge in [0.05, 0.1) is 0 Å². The van der Waals surface area contributed by atoms with Crippen LogP contribution in [0.4, 0.5) is 5.69 Å². The third kappa shape index (κ3) is 7.30. The smallest absolute Gasteiger partial charge is 0.0431 e. The molecule has 3 nitrogen and oxygen atoms in total. The lowest BCUT2D eigenvalue weighted by molar-refractivity contribution is 0.283. The van der Waals surface area contributed by atoms with Crippen LogP contribution in [0.3, 0.4) is 0 Å². The zero-order valence-electron chi connectivity index (χ0n) is 13.5. The highest BCUT2D eigenvalue weighted by atomic mass is 79.9. The maximum Gasteiger partial charge on any atom is 0.0431 e. The van der Waals surface area contributed by atoms with Gasteiger partial charge >= 0.3 is 0 Å². The van der Waals surface area contributed by atoms with Crippen LogP contribution in [0.15, 0.2) is 22.7 Å². The Morgan fingerprint density at radius 1 is 1.24 bits per heavy atom. The second-order valence-electron chi connectivity index (χ2n) is 6.00. The molecule has 1 aromatic carbocycles. The molecule has 0 saturated heterocycles. The van der Waals surface area contributed by atoms with Crippen molar-refractivity contribution in [1.82, 2.24) is 5.32 Å². The maximum atomic E-state index is 8.84. The number of rotatable bonds is 10. The first-order valence-electron chi connectivity index (χ1n) is 7.85. The Bertz CT molecular complexity index is 410. The average molecular weight is 357 g/mol. The van der Waals surface area contributed by atoms with E-state index in [0.717, 1.165) is 43.4 Å². The lowest BCUT2D eigenvalue weighted by Gasteiger charge is -2.23. The van der Waals surface area contributed by atoms with Gasteiger partial charge in [-0.15, -0.1) is 0 Å². The van der Waals surface area contributed by atoms with Gasteiger partial charge < -0.3 is 15.3 Å². The zero-order valence-corrected chi connectivity index (χ0v) is 15.1. The highest BCUT2D eigenvalue weighted by molar-refractivity contribution is 9.10. The minimum absolute atomic E-state index is 0.298. The van der Waals surface area contributed by atoms with Crippen molar-refractivity contribution in [3.05, 3.63) is 28.2 Å². The van der Waals surface area contributed by atoms with Crippen LogP contribution in [-0.4, -0.2) is 31.9 Å². The summed E-state index contributed by atoms with van der Waals surface area (Å²) in [7, 11) is 2.15. The zero-order chi connectivity index (χ0) is 15.7. The summed E-state index contributed by atoms with van der Waals surface area (Å²) in [5.41, 5.74) is 2.62. The molecule has 0 aliphatic heterocycles. The molecule has 0 heterocycles. The molecule has 120 valence electrons. The minimum Gasteiger partial charge on any atom is -0.396 e. The second kappa shape index (κ2) is 10.2. The van der Waals surface area contributed by atoms with E-state index in [1.807, 2.05) is 0 Å². The van der Waals surface area contributed by atoms with E-state index >= 15 is 0 Å². The van der Waals surface area contributed by atoms with Crippen LogP contribution in [0.2, 0.25) is 0 Å². The summed E-state index contributed by atoms with van der Waals surface area (Å²) in [6, 6.07) is 6.49. The van der Waals surface area contributed by atoms with E-state index in [1.54, 1.807) is 0 Å². The van der Waals surface area contributed by atoms with E-state index in [2.05, 4.69) is 65.2 Å². The summed E-state index contributed by atoms with van der Waals surface area (Å²) >= 11 is 3.57. The van der Waals surface area contributed by atoms with E-state index in [4.69, 9.17) is 5.11 Å². The molecular weight excluding hydrogens is 328 g/mol. The minimum atomic E-state index is 0.298. The Kier molecular flexibility index (Phi) is 8.97. The summed E-state index contributed by atoms with van der Waals surface area (Å²) in [5.74, 6) is 0.664. The number of halogens is 1. The van der Waals surface area contributed by atoms with Gasteiger partial charge in [-0.25, -0.2) is 0 Å². The van der Waals surface area contributed by atoms with Crippen molar-refractivity contribution in [2.24, 2.45) is 5.92 Å². The molecule has 1 rings (SSSR count). The number of unbranched alkanes of at least 4 members (excludes halogenated alkanes) is 2. The van der Waals surface area contributed by atoms with Crippen LogP contribution in [0.1, 0.15) is 38.7 Å². The largest absolute Gasteiger partial charge is 0.396 e. The van der Waals surface area contributed by atoms with Crippen LogP contribution in [0.5, 0.6) is 0 Å². The molecule has 0 atom stereocenters. The Balaban J connectivity index is 2.62. The fourth-order valence-electron chi connectivity index (χ4n) is 2.32. The van der Waals surface area contributed by atoms with E-state index in [-0.39, 0.29) is 0 Å². The van der Waals surface area contributed by atoms with Crippen LogP contribution < -0.4 is 10.2 Å². The monoisotopic (exact) mass is 356 g/mol. The number of nitrogens with zero attached hydrogens (tertiary/aromatic N) is 1. The number of anilines is 1. The summed E-state index contributed by atoms with van der Waals surface area (Å²) in [6.45, 7) is 7.70. The highest BCUT2D eigenvalue weighted by Crippen LogP contribution is 2.24. The predicted octanol–water partition coefficient (Wildman–Crippen LogP) is 3.79. The molecule has 0 saturated carbocycles. The molecule has 0 unspecified atom stereocenters. The first-order chi connectivity index (χ1) is 10.0. The van der Waals surface area contributed by atoms with Crippen LogP contribution >= 0.6 is 15.9 Å². The van der Waals surface area contributed by atoms with E-state index in [9.17, 15) is 0 Å². The second-order valence-corrected chi connectivity index (χ2v) is 6.92. The molecule has 0 radical (unpaired) electrons. The lowest BCUT2D eigenvalue weighted by Crippen LogP contribution is -2.23. The van der Waals surface area contributed by atoms with Gasteiger partial charge in [-0.1, -0.05) is 29.8 Å². The Morgan fingerprint density at radius 3 is 2.67 bits per heavy atom. The molecule has 4 heteroatoms. The van der Waals surface area contributed by atoms with Crippen molar-refractivity contribution < 1.29 is 5.11 Å². The van der Waals surface area contributed by atoms with Gasteiger partial charge in [0.25, 0.3) is 0 Å². The molecule has 21 heavy (non-hydrogen) atoms. The first kappa shape index (κ1) is 18.5. The van der Waals surface area contributed by atoms with Crippen molar-refractivity contribution in [2.45, 2.75) is 39.7 Å². The molecule has 0 aliphatic carbocycles. The molecule has 0 spiro atoms. The van der Waals surface area contributed by atoms with Gasteiger partial charge in [0.1, 0.15) is 0 Å². The Hall–Kier alpha value is -0.580. The van der Waals surface area contributed by atoms with Crippen LogP contribution in [-0.2, 0) is 6.54 Å². The summed E-state index contributed by atoms with van der Waals surface area (Å²) in [4.78, 5) is 2.32. The van der Waals surface area contributed by atoms with Gasteiger partial charge in [0, 0.05) is 36.9 Å². The quantitative estimate of drug-likeness (QED) is 0.626. The third-order valence-corrected chi connectivity index (χ3v) is 3.97. The van der Waals surface area contributed by atoms with Gasteiger partial charge in [-0.3, -0.25) is 0 Å². The summed E-state index contributed by atoms with van der Waals surface area (Å²) in [6.07, 6.45) is 3.10. The molecule has 0 aliphatic rings. The summed E-state index contributed by atoms with van der Waals surface area (Å²) in [5, 5.41) is 12.4. The van der Waals surface area contributed by atoms with Crippen molar-refractivity contribution in [3.63, 3.8) is 0 Å². The topological polar surface area (TPSA) is 35.5 Å². The number of benzene rings is 1. The predicted molar refractivity (Wildman–Crippen MR) is 94.9 cm³/mol.